The van der Waals surface area contributed by atoms with Crippen LogP contribution in [0.25, 0.3) is 0 Å². The Labute approximate surface area is 134 Å². The molecule has 2 heterocycles. The molecule has 1 atom stereocenters. The van der Waals surface area contributed by atoms with Crippen molar-refractivity contribution in [1.29, 1.82) is 0 Å². The summed E-state index contributed by atoms with van der Waals surface area (Å²) >= 11 is 5.92. The summed E-state index contributed by atoms with van der Waals surface area (Å²) in [6.45, 7) is 3.13. The highest BCUT2D eigenvalue weighted by Crippen LogP contribution is 2.19. The third-order valence-corrected chi connectivity index (χ3v) is 3.61. The molecule has 1 aromatic rings. The van der Waals surface area contributed by atoms with Crippen molar-refractivity contribution >= 4 is 29.4 Å². The standard InChI is InChI=1S/C14H19ClN4O3/c1-2-22-14(21)17-10-5-4-8-19(9-10)13(20)18-11-6-3-7-16-12(11)15/h3,6-7,10H,2,4-5,8-9H2,1H3,(H,17,21)(H,18,20). The Hall–Kier alpha value is -2.02. The second-order valence-electron chi connectivity index (χ2n) is 4.92. The van der Waals surface area contributed by atoms with Crippen LogP contribution >= 0.6 is 11.6 Å². The Morgan fingerprint density at radius 2 is 2.36 bits per heavy atom. The summed E-state index contributed by atoms with van der Waals surface area (Å²) in [5, 5.41) is 5.73. The topological polar surface area (TPSA) is 83.6 Å². The highest BCUT2D eigenvalue weighted by molar-refractivity contribution is 6.32. The van der Waals surface area contributed by atoms with Crippen LogP contribution in [0, 0.1) is 0 Å². The zero-order valence-corrected chi connectivity index (χ0v) is 13.1. The van der Waals surface area contributed by atoms with Crippen LogP contribution in [0.1, 0.15) is 19.8 Å². The molecule has 2 N–H and O–H groups in total. The molecule has 1 aromatic heterocycles. The van der Waals surface area contributed by atoms with Gasteiger partial charge in [0.05, 0.1) is 12.3 Å². The van der Waals surface area contributed by atoms with Crippen molar-refractivity contribution in [2.75, 3.05) is 25.0 Å². The molecule has 1 saturated heterocycles. The first kappa shape index (κ1) is 16.4. The number of alkyl carbamates (subject to hydrolysis) is 1. The minimum Gasteiger partial charge on any atom is -0.450 e. The number of amides is 3. The van der Waals surface area contributed by atoms with E-state index in [0.29, 0.717) is 25.4 Å². The molecule has 1 aliphatic rings. The number of hydrogen-bond acceptors (Lipinski definition) is 4. The number of nitrogens with one attached hydrogen (secondary N) is 2. The molecule has 0 spiro atoms. The van der Waals surface area contributed by atoms with Crippen molar-refractivity contribution in [3.05, 3.63) is 23.5 Å². The maximum atomic E-state index is 12.3. The Morgan fingerprint density at radius 1 is 1.55 bits per heavy atom. The number of urea groups is 1. The maximum Gasteiger partial charge on any atom is 0.407 e. The van der Waals surface area contributed by atoms with Gasteiger partial charge in [0.2, 0.25) is 0 Å². The molecule has 22 heavy (non-hydrogen) atoms. The second-order valence-corrected chi connectivity index (χ2v) is 5.28. The molecule has 1 aliphatic heterocycles. The van der Waals surface area contributed by atoms with E-state index in [1.165, 1.54) is 0 Å². The van der Waals surface area contributed by atoms with E-state index in [1.807, 2.05) is 0 Å². The molecule has 2 rings (SSSR count). The Bertz CT molecular complexity index is 541. The lowest BCUT2D eigenvalue weighted by Gasteiger charge is -2.32. The van der Waals surface area contributed by atoms with Crippen LogP contribution in [0.4, 0.5) is 15.3 Å². The first-order valence-corrected chi connectivity index (χ1v) is 7.57. The molecule has 0 aliphatic carbocycles. The predicted molar refractivity (Wildman–Crippen MR) is 83.0 cm³/mol. The minimum absolute atomic E-state index is 0.108. The van der Waals surface area contributed by atoms with E-state index in [1.54, 1.807) is 30.2 Å². The van der Waals surface area contributed by atoms with Crippen molar-refractivity contribution in [3.8, 4) is 0 Å². The van der Waals surface area contributed by atoms with E-state index in [2.05, 4.69) is 15.6 Å². The number of nitrogens with zero attached hydrogens (tertiary/aromatic N) is 2. The number of halogens is 1. The summed E-state index contributed by atoms with van der Waals surface area (Å²) in [5.41, 5.74) is 0.467. The Kier molecular flexibility index (Phi) is 5.83. The number of likely N-dealkylation sites (tertiary alicyclic amines) is 1. The maximum absolute atomic E-state index is 12.3. The molecule has 1 unspecified atom stereocenters. The third kappa shape index (κ3) is 4.49. The van der Waals surface area contributed by atoms with E-state index in [0.717, 1.165) is 12.8 Å². The number of piperidine rings is 1. The van der Waals surface area contributed by atoms with Crippen LogP contribution in [-0.2, 0) is 4.74 Å². The third-order valence-electron chi connectivity index (χ3n) is 3.31. The van der Waals surface area contributed by atoms with Gasteiger partial charge in [-0.1, -0.05) is 11.6 Å². The molecule has 0 bridgehead atoms. The lowest BCUT2D eigenvalue weighted by atomic mass is 10.1. The number of hydrogen-bond donors (Lipinski definition) is 2. The van der Waals surface area contributed by atoms with Gasteiger partial charge in [0, 0.05) is 25.3 Å². The number of carbonyl (C=O) groups excluding carboxylic acids is 2. The summed E-state index contributed by atoms with van der Waals surface area (Å²) < 4.78 is 4.86. The van der Waals surface area contributed by atoms with Crippen LogP contribution in [0.5, 0.6) is 0 Å². The molecule has 0 radical (unpaired) electrons. The summed E-state index contributed by atoms with van der Waals surface area (Å²) in [6, 6.07) is 3.02. The lowest BCUT2D eigenvalue weighted by Crippen LogP contribution is -2.50. The molecule has 7 nitrogen and oxygen atoms in total. The minimum atomic E-state index is -0.454. The fraction of sp³-hybridized carbons (Fsp3) is 0.500. The number of rotatable bonds is 3. The van der Waals surface area contributed by atoms with Crippen LogP contribution in [0.15, 0.2) is 18.3 Å². The van der Waals surface area contributed by atoms with Crippen LogP contribution in [-0.4, -0.2) is 47.7 Å². The fourth-order valence-electron chi connectivity index (χ4n) is 2.29. The number of carbonyl (C=O) groups is 2. The van der Waals surface area contributed by atoms with Gasteiger partial charge in [-0.05, 0) is 31.9 Å². The summed E-state index contributed by atoms with van der Waals surface area (Å²) in [6.07, 6.45) is 2.73. The van der Waals surface area contributed by atoms with Gasteiger partial charge in [0.15, 0.2) is 5.15 Å². The van der Waals surface area contributed by atoms with Gasteiger partial charge in [-0.25, -0.2) is 14.6 Å². The van der Waals surface area contributed by atoms with Crippen LogP contribution in [0.2, 0.25) is 5.15 Å². The number of aromatic nitrogens is 1. The highest BCUT2D eigenvalue weighted by atomic mass is 35.5. The quantitative estimate of drug-likeness (QED) is 0.836. The van der Waals surface area contributed by atoms with Gasteiger partial charge in [-0.2, -0.15) is 0 Å². The van der Waals surface area contributed by atoms with E-state index in [-0.39, 0.29) is 17.2 Å². The molecular formula is C14H19ClN4O3. The van der Waals surface area contributed by atoms with Crippen molar-refractivity contribution in [3.63, 3.8) is 0 Å². The number of ether oxygens (including phenoxy) is 1. The van der Waals surface area contributed by atoms with Crippen LogP contribution < -0.4 is 10.6 Å². The van der Waals surface area contributed by atoms with E-state index in [4.69, 9.17) is 16.3 Å². The second kappa shape index (κ2) is 7.84. The van der Waals surface area contributed by atoms with E-state index in [9.17, 15) is 9.59 Å². The summed E-state index contributed by atoms with van der Waals surface area (Å²) in [7, 11) is 0. The Balaban J connectivity index is 1.90. The highest BCUT2D eigenvalue weighted by Gasteiger charge is 2.25. The van der Waals surface area contributed by atoms with Gasteiger partial charge >= 0.3 is 12.1 Å². The smallest absolute Gasteiger partial charge is 0.407 e. The molecular weight excluding hydrogens is 308 g/mol. The fourth-order valence-corrected chi connectivity index (χ4v) is 2.46. The zero-order chi connectivity index (χ0) is 15.9. The normalized spacial score (nSPS) is 17.7. The molecule has 0 aromatic carbocycles. The molecule has 0 saturated carbocycles. The summed E-state index contributed by atoms with van der Waals surface area (Å²) in [5.74, 6) is 0. The van der Waals surface area contributed by atoms with E-state index >= 15 is 0 Å². The average molecular weight is 327 g/mol. The van der Waals surface area contributed by atoms with Crippen molar-refractivity contribution in [2.24, 2.45) is 0 Å². The SMILES string of the molecule is CCOC(=O)NC1CCCN(C(=O)Nc2cccnc2Cl)C1. The zero-order valence-electron chi connectivity index (χ0n) is 12.3. The first-order chi connectivity index (χ1) is 10.6. The Morgan fingerprint density at radius 3 is 3.09 bits per heavy atom. The van der Waals surface area contributed by atoms with Gasteiger partial charge in [0.1, 0.15) is 0 Å². The predicted octanol–water partition coefficient (Wildman–Crippen LogP) is 2.48. The number of anilines is 1. The van der Waals surface area contributed by atoms with Gasteiger partial charge in [-0.3, -0.25) is 0 Å². The lowest BCUT2D eigenvalue weighted by molar-refractivity contribution is 0.137. The molecule has 3 amide bonds. The van der Waals surface area contributed by atoms with Crippen molar-refractivity contribution in [1.82, 2.24) is 15.2 Å². The van der Waals surface area contributed by atoms with E-state index < -0.39 is 6.09 Å². The van der Waals surface area contributed by atoms with Crippen molar-refractivity contribution < 1.29 is 14.3 Å². The molecule has 120 valence electrons. The monoisotopic (exact) mass is 326 g/mol. The number of pyridine rings is 1. The average Bonchev–Trinajstić information content (AvgIpc) is 2.50. The molecule has 1 fully saturated rings. The van der Waals surface area contributed by atoms with Gasteiger partial charge < -0.3 is 20.3 Å². The summed E-state index contributed by atoms with van der Waals surface area (Å²) in [4.78, 5) is 29.3. The van der Waals surface area contributed by atoms with Crippen LogP contribution in [0.3, 0.4) is 0 Å². The molecule has 8 heteroatoms. The van der Waals surface area contributed by atoms with Crippen molar-refractivity contribution in [2.45, 2.75) is 25.8 Å². The van der Waals surface area contributed by atoms with Gasteiger partial charge in [0.25, 0.3) is 0 Å². The van der Waals surface area contributed by atoms with Gasteiger partial charge in [-0.15, -0.1) is 0 Å². The largest absolute Gasteiger partial charge is 0.450 e. The first-order valence-electron chi connectivity index (χ1n) is 7.20.